The van der Waals surface area contributed by atoms with Gasteiger partial charge < -0.3 is 4.74 Å². The molecule has 4 nitrogen and oxygen atoms in total. The summed E-state index contributed by atoms with van der Waals surface area (Å²) < 4.78 is 27.8. The van der Waals surface area contributed by atoms with Gasteiger partial charge in [-0.15, -0.1) is 0 Å². The molecule has 0 amide bonds. The Labute approximate surface area is 79.1 Å². The molecule has 0 N–H and O–H groups in total. The van der Waals surface area contributed by atoms with E-state index >= 15 is 0 Å². The summed E-state index contributed by atoms with van der Waals surface area (Å²) in [6.45, 7) is 1.83. The molecule has 0 aliphatic carbocycles. The minimum absolute atomic E-state index is 0. The number of sulfonamides is 1. The maximum atomic E-state index is 10.7. The van der Waals surface area contributed by atoms with E-state index in [0.717, 1.165) is 0 Å². The average Bonchev–Trinajstić information content (AvgIpc) is 1.88. The third kappa shape index (κ3) is 3.59. The molecule has 1 heterocycles. The molecule has 0 radical (unpaired) electrons. The Hall–Kier alpha value is 0.467. The van der Waals surface area contributed by atoms with E-state index < -0.39 is 10.0 Å². The quantitative estimate of drug-likeness (QED) is 0.303. The Morgan fingerprint density at radius 2 is 1.73 bits per heavy atom. The Balaban J connectivity index is 0.000001000. The normalized spacial score (nSPS) is 20.8. The van der Waals surface area contributed by atoms with Gasteiger partial charge in [0.25, 0.3) is 0 Å². The van der Waals surface area contributed by atoms with Crippen LogP contribution in [0.15, 0.2) is 0 Å². The number of hydrogen-bond donors (Lipinski definition) is 0. The van der Waals surface area contributed by atoms with E-state index in [4.69, 9.17) is 4.74 Å². The third-order valence-electron chi connectivity index (χ3n) is 1.36. The summed E-state index contributed by atoms with van der Waals surface area (Å²) in [5.74, 6) is 0. The van der Waals surface area contributed by atoms with Gasteiger partial charge in [-0.05, 0) is 0 Å². The number of nitrogens with zero attached hydrogens (tertiary/aromatic N) is 1. The zero-order valence-corrected chi connectivity index (χ0v) is 7.43. The van der Waals surface area contributed by atoms with Gasteiger partial charge in [-0.3, -0.25) is 0 Å². The van der Waals surface area contributed by atoms with Crippen molar-refractivity contribution in [1.29, 1.82) is 0 Å². The summed E-state index contributed by atoms with van der Waals surface area (Å²) in [6, 6.07) is 0. The van der Waals surface area contributed by atoms with Crippen molar-refractivity contribution in [2.24, 2.45) is 0 Å². The molecule has 0 saturated carbocycles. The zero-order chi connectivity index (χ0) is 7.61. The second-order valence-electron chi connectivity index (χ2n) is 2.12. The molecule has 0 aromatic rings. The van der Waals surface area contributed by atoms with E-state index in [9.17, 15) is 8.42 Å². The average molecular weight is 171 g/mol. The van der Waals surface area contributed by atoms with Crippen LogP contribution >= 0.6 is 0 Å². The van der Waals surface area contributed by atoms with Crippen LogP contribution in [-0.4, -0.2) is 39.0 Å². The summed E-state index contributed by atoms with van der Waals surface area (Å²) in [6.07, 6.45) is 3.04. The molecule has 60 valence electrons. The fraction of sp³-hybridized carbons (Fsp3) is 0.800. The molecular weight excluding hydrogens is 161 g/mol. The summed E-state index contributed by atoms with van der Waals surface area (Å²) in [4.78, 5) is 0. The first kappa shape index (κ1) is 11.5. The molecule has 11 heavy (non-hydrogen) atoms. The van der Waals surface area contributed by atoms with Crippen molar-refractivity contribution in [2.75, 3.05) is 26.3 Å². The Morgan fingerprint density at radius 1 is 1.27 bits per heavy atom. The third-order valence-corrected chi connectivity index (χ3v) is 2.52. The molecule has 0 atom stereocenters. The Kier molecular flexibility index (Phi) is 4.67. The van der Waals surface area contributed by atoms with Crippen LogP contribution in [0.4, 0.5) is 0 Å². The Morgan fingerprint density at radius 3 is 2.00 bits per heavy atom. The largest absolute Gasteiger partial charge is 1.00 e. The van der Waals surface area contributed by atoms with Crippen molar-refractivity contribution >= 4 is 10.0 Å². The molecule has 1 rings (SSSR count). The van der Waals surface area contributed by atoms with Crippen molar-refractivity contribution in [2.45, 2.75) is 0 Å². The van der Waals surface area contributed by atoms with Crippen LogP contribution in [0.5, 0.6) is 0 Å². The van der Waals surface area contributed by atoms with E-state index in [-0.39, 0.29) is 18.9 Å². The van der Waals surface area contributed by atoms with Crippen molar-refractivity contribution in [1.82, 2.24) is 4.31 Å². The Bertz CT molecular complexity index is 198. The minimum atomic E-state index is -3.22. The number of hydrogen-bond acceptors (Lipinski definition) is 3. The van der Waals surface area contributed by atoms with Crippen LogP contribution < -0.4 is 18.9 Å². The smallest absolute Gasteiger partial charge is 0.379 e. The predicted molar refractivity (Wildman–Crippen MR) is 36.7 cm³/mol. The van der Waals surface area contributed by atoms with Gasteiger partial charge in [-0.1, -0.05) is 0 Å². The summed E-state index contributed by atoms with van der Waals surface area (Å²) >= 11 is 0. The topological polar surface area (TPSA) is 46.6 Å². The van der Waals surface area contributed by atoms with Crippen LogP contribution in [0, 0.1) is 6.26 Å². The van der Waals surface area contributed by atoms with Gasteiger partial charge in [0, 0.05) is 13.1 Å². The summed E-state index contributed by atoms with van der Waals surface area (Å²) in [5, 5.41) is 0. The maximum Gasteiger partial charge on any atom is 1.00 e. The molecule has 1 aliphatic heterocycles. The molecule has 0 unspecified atom stereocenters. The van der Waals surface area contributed by atoms with Crippen molar-refractivity contribution in [3.8, 4) is 0 Å². The van der Waals surface area contributed by atoms with Crippen molar-refractivity contribution in [3.63, 3.8) is 0 Å². The SMILES string of the molecule is [CH2-]S(=O)(=O)N1CCOCC1.[Li+]. The van der Waals surface area contributed by atoms with Gasteiger partial charge in [0.1, 0.15) is 0 Å². The van der Waals surface area contributed by atoms with E-state index in [2.05, 4.69) is 6.26 Å². The summed E-state index contributed by atoms with van der Waals surface area (Å²) in [5.41, 5.74) is 0. The molecule has 1 aliphatic rings. The molecule has 0 aromatic heterocycles. The van der Waals surface area contributed by atoms with E-state index in [1.165, 1.54) is 4.31 Å². The van der Waals surface area contributed by atoms with Crippen molar-refractivity contribution in [3.05, 3.63) is 6.26 Å². The first-order valence-electron chi connectivity index (χ1n) is 3.01. The van der Waals surface area contributed by atoms with Gasteiger partial charge in [0.05, 0.1) is 23.2 Å². The molecule has 0 bridgehead atoms. The maximum absolute atomic E-state index is 10.7. The van der Waals surface area contributed by atoms with Crippen LogP contribution in [0.25, 0.3) is 0 Å². The van der Waals surface area contributed by atoms with Crippen LogP contribution in [-0.2, 0) is 14.8 Å². The summed E-state index contributed by atoms with van der Waals surface area (Å²) in [7, 11) is -3.22. The second-order valence-corrected chi connectivity index (χ2v) is 3.80. The zero-order valence-electron chi connectivity index (χ0n) is 6.62. The fourth-order valence-electron chi connectivity index (χ4n) is 0.825. The number of rotatable bonds is 1. The van der Waals surface area contributed by atoms with E-state index in [1.54, 1.807) is 0 Å². The number of morpholine rings is 1. The van der Waals surface area contributed by atoms with Gasteiger partial charge >= 0.3 is 18.9 Å². The van der Waals surface area contributed by atoms with Gasteiger partial charge in [-0.25, -0.2) is 19.0 Å². The molecule has 0 spiro atoms. The van der Waals surface area contributed by atoms with Crippen LogP contribution in [0.2, 0.25) is 0 Å². The van der Waals surface area contributed by atoms with E-state index in [0.29, 0.717) is 26.3 Å². The molecule has 6 heteroatoms. The number of ether oxygens (including phenoxy) is 1. The monoisotopic (exact) mass is 171 g/mol. The van der Waals surface area contributed by atoms with Gasteiger partial charge in [0.2, 0.25) is 0 Å². The second kappa shape index (κ2) is 4.48. The minimum Gasteiger partial charge on any atom is -0.379 e. The first-order valence-corrected chi connectivity index (χ1v) is 4.62. The first-order chi connectivity index (χ1) is 4.61. The fourth-order valence-corrected chi connectivity index (χ4v) is 1.53. The molecule has 1 saturated heterocycles. The molecular formula is C5H10LiNO3S. The van der Waals surface area contributed by atoms with Crippen molar-refractivity contribution < 1.29 is 32.0 Å². The van der Waals surface area contributed by atoms with Gasteiger partial charge in [0.15, 0.2) is 0 Å². The van der Waals surface area contributed by atoms with Gasteiger partial charge in [-0.2, -0.15) is 0 Å². The van der Waals surface area contributed by atoms with E-state index in [1.807, 2.05) is 0 Å². The van der Waals surface area contributed by atoms with Crippen LogP contribution in [0.1, 0.15) is 0 Å². The molecule has 1 fully saturated rings. The standard InChI is InChI=1S/C5H10NO3S.Li/c1-10(7,8)6-2-4-9-5-3-6;/h1-5H2;/q-1;+1. The predicted octanol–water partition coefficient (Wildman–Crippen LogP) is -3.56. The van der Waals surface area contributed by atoms with Crippen LogP contribution in [0.3, 0.4) is 0 Å². The molecule has 0 aromatic carbocycles.